The summed E-state index contributed by atoms with van der Waals surface area (Å²) >= 11 is 2.02. The van der Waals surface area contributed by atoms with Crippen molar-refractivity contribution in [3.63, 3.8) is 0 Å². The molecule has 1 N–H and O–H groups in total. The maximum atomic E-state index is 4.19. The van der Waals surface area contributed by atoms with E-state index in [0.29, 0.717) is 0 Å². The molecule has 0 bridgehead atoms. The monoisotopic (exact) mass is 212 g/mol. The van der Waals surface area contributed by atoms with Crippen molar-refractivity contribution in [3.05, 3.63) is 17.0 Å². The largest absolute Gasteiger partial charge is 0.282 e. The molecule has 1 aromatic rings. The molecule has 0 atom stereocenters. The summed E-state index contributed by atoms with van der Waals surface area (Å²) in [6.07, 6.45) is 4.01. The zero-order chi connectivity index (χ0) is 10.4. The van der Waals surface area contributed by atoms with Gasteiger partial charge in [-0.3, -0.25) is 5.10 Å². The molecule has 0 radical (unpaired) electrons. The lowest BCUT2D eigenvalue weighted by Crippen LogP contribution is -1.87. The lowest BCUT2D eigenvalue weighted by atomic mass is 10.2. The molecule has 3 heteroatoms. The maximum Gasteiger partial charge on any atom is 0.0634 e. The van der Waals surface area contributed by atoms with Crippen molar-refractivity contribution in [2.75, 3.05) is 5.75 Å². The van der Waals surface area contributed by atoms with E-state index in [0.717, 1.165) is 11.4 Å². The van der Waals surface area contributed by atoms with Crippen molar-refractivity contribution in [2.45, 2.75) is 45.8 Å². The number of rotatable bonds is 6. The third-order valence-corrected chi connectivity index (χ3v) is 3.49. The predicted molar refractivity (Wildman–Crippen MR) is 63.7 cm³/mol. The number of hydrogen-bond donors (Lipinski definition) is 1. The fraction of sp³-hybridized carbons (Fsp3) is 0.727. The van der Waals surface area contributed by atoms with Crippen LogP contribution in [0, 0.1) is 13.8 Å². The highest BCUT2D eigenvalue weighted by Crippen LogP contribution is 2.18. The van der Waals surface area contributed by atoms with Gasteiger partial charge in [0, 0.05) is 17.0 Å². The number of nitrogens with one attached hydrogen (secondary N) is 1. The molecule has 14 heavy (non-hydrogen) atoms. The minimum atomic E-state index is 1.11. The second-order valence-electron chi connectivity index (χ2n) is 3.67. The molecule has 80 valence electrons. The molecule has 0 saturated carbocycles. The van der Waals surface area contributed by atoms with Gasteiger partial charge in [0.25, 0.3) is 0 Å². The third-order valence-electron chi connectivity index (χ3n) is 2.42. The number of aryl methyl sites for hydroxylation is 2. The standard InChI is InChI=1S/C11H20N2S/c1-4-5-6-7-14-8-11-9(2)12-13-10(11)3/h4-8H2,1-3H3,(H,12,13). The van der Waals surface area contributed by atoms with Crippen LogP contribution in [0.1, 0.15) is 43.1 Å². The number of thioether (sulfide) groups is 1. The zero-order valence-electron chi connectivity index (χ0n) is 9.39. The molecule has 1 rings (SSSR count). The molecule has 0 saturated heterocycles. The van der Waals surface area contributed by atoms with E-state index in [2.05, 4.69) is 31.0 Å². The zero-order valence-corrected chi connectivity index (χ0v) is 10.2. The van der Waals surface area contributed by atoms with Gasteiger partial charge < -0.3 is 0 Å². The Morgan fingerprint density at radius 1 is 1.29 bits per heavy atom. The predicted octanol–water partition coefficient (Wildman–Crippen LogP) is 3.45. The number of unbranched alkanes of at least 4 members (excludes halogenated alkanes) is 2. The molecular weight excluding hydrogens is 192 g/mol. The van der Waals surface area contributed by atoms with Crippen LogP contribution in [0.3, 0.4) is 0 Å². The van der Waals surface area contributed by atoms with Crippen molar-refractivity contribution in [3.8, 4) is 0 Å². The summed E-state index contributed by atoms with van der Waals surface area (Å²) in [6.45, 7) is 6.42. The maximum absolute atomic E-state index is 4.19. The SMILES string of the molecule is CCCCCSCc1c(C)n[nH]c1C. The van der Waals surface area contributed by atoms with Crippen molar-refractivity contribution in [1.82, 2.24) is 10.2 Å². The summed E-state index contributed by atoms with van der Waals surface area (Å²) in [7, 11) is 0. The average Bonchev–Trinajstić information content (AvgIpc) is 2.48. The molecule has 0 aromatic carbocycles. The van der Waals surface area contributed by atoms with Gasteiger partial charge in [0.15, 0.2) is 0 Å². The number of aromatic nitrogens is 2. The molecule has 0 unspecified atom stereocenters. The lowest BCUT2D eigenvalue weighted by Gasteiger charge is -2.01. The van der Waals surface area contributed by atoms with Gasteiger partial charge in [0.1, 0.15) is 0 Å². The van der Waals surface area contributed by atoms with E-state index in [9.17, 15) is 0 Å². The number of nitrogens with zero attached hydrogens (tertiary/aromatic N) is 1. The minimum absolute atomic E-state index is 1.11. The van der Waals surface area contributed by atoms with Crippen LogP contribution in [0.2, 0.25) is 0 Å². The molecule has 0 aliphatic heterocycles. The van der Waals surface area contributed by atoms with Gasteiger partial charge in [-0.25, -0.2) is 0 Å². The quantitative estimate of drug-likeness (QED) is 0.732. The van der Waals surface area contributed by atoms with Crippen LogP contribution < -0.4 is 0 Å². The summed E-state index contributed by atoms with van der Waals surface area (Å²) in [4.78, 5) is 0. The summed E-state index contributed by atoms with van der Waals surface area (Å²) in [5, 5.41) is 7.22. The Morgan fingerprint density at radius 3 is 2.64 bits per heavy atom. The van der Waals surface area contributed by atoms with E-state index in [1.165, 1.54) is 36.3 Å². The average molecular weight is 212 g/mol. The van der Waals surface area contributed by atoms with Crippen molar-refractivity contribution >= 4 is 11.8 Å². The highest BCUT2D eigenvalue weighted by molar-refractivity contribution is 7.98. The van der Waals surface area contributed by atoms with Gasteiger partial charge in [-0.05, 0) is 26.0 Å². The van der Waals surface area contributed by atoms with Crippen LogP contribution in [0.4, 0.5) is 0 Å². The summed E-state index contributed by atoms with van der Waals surface area (Å²) in [5.74, 6) is 2.38. The van der Waals surface area contributed by atoms with Crippen LogP contribution in [0.5, 0.6) is 0 Å². The van der Waals surface area contributed by atoms with Crippen LogP contribution in [-0.4, -0.2) is 16.0 Å². The topological polar surface area (TPSA) is 28.7 Å². The molecule has 1 heterocycles. The Morgan fingerprint density at radius 2 is 2.07 bits per heavy atom. The van der Waals surface area contributed by atoms with E-state index >= 15 is 0 Å². The van der Waals surface area contributed by atoms with Crippen LogP contribution in [0.15, 0.2) is 0 Å². The van der Waals surface area contributed by atoms with Gasteiger partial charge in [0.05, 0.1) is 5.69 Å². The minimum Gasteiger partial charge on any atom is -0.282 e. The first kappa shape index (κ1) is 11.6. The summed E-state index contributed by atoms with van der Waals surface area (Å²) in [5.41, 5.74) is 3.78. The number of hydrogen-bond acceptors (Lipinski definition) is 2. The van der Waals surface area contributed by atoms with E-state index in [4.69, 9.17) is 0 Å². The summed E-state index contributed by atoms with van der Waals surface area (Å²) in [6, 6.07) is 0. The smallest absolute Gasteiger partial charge is 0.0634 e. The van der Waals surface area contributed by atoms with Crippen LogP contribution >= 0.6 is 11.8 Å². The number of aromatic amines is 1. The lowest BCUT2D eigenvalue weighted by molar-refractivity contribution is 0.778. The molecular formula is C11H20N2S. The second-order valence-corrected chi connectivity index (χ2v) is 4.78. The van der Waals surface area contributed by atoms with Crippen molar-refractivity contribution in [1.29, 1.82) is 0 Å². The van der Waals surface area contributed by atoms with Crippen molar-refractivity contribution in [2.24, 2.45) is 0 Å². The Kier molecular flexibility index (Phi) is 5.09. The normalized spacial score (nSPS) is 10.8. The first-order chi connectivity index (χ1) is 6.75. The number of H-pyrrole nitrogens is 1. The van der Waals surface area contributed by atoms with E-state index in [-0.39, 0.29) is 0 Å². The van der Waals surface area contributed by atoms with Crippen molar-refractivity contribution < 1.29 is 0 Å². The van der Waals surface area contributed by atoms with Gasteiger partial charge in [0.2, 0.25) is 0 Å². The van der Waals surface area contributed by atoms with Gasteiger partial charge in [-0.1, -0.05) is 19.8 Å². The van der Waals surface area contributed by atoms with E-state index in [1.54, 1.807) is 0 Å². The van der Waals surface area contributed by atoms with Gasteiger partial charge in [-0.2, -0.15) is 16.9 Å². The highest BCUT2D eigenvalue weighted by Gasteiger charge is 2.05. The molecule has 0 aliphatic rings. The Labute approximate surface area is 90.9 Å². The molecule has 0 aliphatic carbocycles. The van der Waals surface area contributed by atoms with Gasteiger partial charge in [-0.15, -0.1) is 0 Å². The molecule has 2 nitrogen and oxygen atoms in total. The molecule has 0 spiro atoms. The molecule has 0 amide bonds. The Bertz CT molecular complexity index is 249. The molecule has 0 fully saturated rings. The first-order valence-electron chi connectivity index (χ1n) is 5.34. The first-order valence-corrected chi connectivity index (χ1v) is 6.49. The fourth-order valence-electron chi connectivity index (χ4n) is 1.42. The summed E-state index contributed by atoms with van der Waals surface area (Å²) < 4.78 is 0. The van der Waals surface area contributed by atoms with Crippen LogP contribution in [-0.2, 0) is 5.75 Å². The highest BCUT2D eigenvalue weighted by atomic mass is 32.2. The molecule has 1 aromatic heterocycles. The van der Waals surface area contributed by atoms with Gasteiger partial charge >= 0.3 is 0 Å². The van der Waals surface area contributed by atoms with E-state index in [1.807, 2.05) is 11.8 Å². The Balaban J connectivity index is 2.24. The van der Waals surface area contributed by atoms with E-state index < -0.39 is 0 Å². The Hall–Kier alpha value is -0.440. The van der Waals surface area contributed by atoms with Crippen LogP contribution in [0.25, 0.3) is 0 Å². The second kappa shape index (κ2) is 6.12. The third kappa shape index (κ3) is 3.37. The fourth-order valence-corrected chi connectivity index (χ4v) is 2.60.